The third-order valence-corrected chi connectivity index (χ3v) is 2.45. The molecule has 0 aromatic heterocycles. The molecule has 0 rings (SSSR count). The van der Waals surface area contributed by atoms with Gasteiger partial charge in [0.05, 0.1) is 6.17 Å². The number of nitrogens with one attached hydrogen (secondary N) is 1. The second-order valence-corrected chi connectivity index (χ2v) is 4.33. The molecule has 0 heterocycles. The molecule has 116 valence electrons. The Labute approximate surface area is 117 Å². The van der Waals surface area contributed by atoms with E-state index in [2.05, 4.69) is 10.1 Å². The predicted octanol–water partition coefficient (Wildman–Crippen LogP) is -0.685. The topological polar surface area (TPSA) is 145 Å². The third kappa shape index (κ3) is 11.6. The lowest BCUT2D eigenvalue weighted by molar-refractivity contribution is -0.159. The van der Waals surface area contributed by atoms with E-state index in [4.69, 9.17) is 16.6 Å². The maximum Gasteiger partial charge on any atom is 0.313 e. The molecule has 8 nitrogen and oxygen atoms in total. The molecule has 0 fully saturated rings. The fourth-order valence-electron chi connectivity index (χ4n) is 1.38. The number of esters is 2. The van der Waals surface area contributed by atoms with Crippen LogP contribution in [-0.4, -0.2) is 42.3 Å². The molecular formula is C12H23N3O5. The second-order valence-electron chi connectivity index (χ2n) is 4.33. The van der Waals surface area contributed by atoms with E-state index in [1.165, 1.54) is 0 Å². The summed E-state index contributed by atoms with van der Waals surface area (Å²) in [6.45, 7) is 0.828. The average molecular weight is 289 g/mol. The molecule has 0 saturated heterocycles. The molecule has 0 spiro atoms. The number of hydrogen-bond acceptors (Lipinski definition) is 7. The van der Waals surface area contributed by atoms with Gasteiger partial charge in [-0.15, -0.1) is 0 Å². The van der Waals surface area contributed by atoms with Crippen molar-refractivity contribution >= 4 is 17.9 Å². The van der Waals surface area contributed by atoms with Gasteiger partial charge in [-0.2, -0.15) is 0 Å². The van der Waals surface area contributed by atoms with Crippen molar-refractivity contribution in [1.82, 2.24) is 5.32 Å². The van der Waals surface area contributed by atoms with Gasteiger partial charge in [-0.1, -0.05) is 0 Å². The summed E-state index contributed by atoms with van der Waals surface area (Å²) in [4.78, 5) is 32.7. The third-order valence-electron chi connectivity index (χ3n) is 2.45. The van der Waals surface area contributed by atoms with E-state index in [0.29, 0.717) is 32.4 Å². The number of carbonyl (C=O) groups excluding carboxylic acids is 2. The molecule has 1 atom stereocenters. The average Bonchev–Trinajstić information content (AvgIpc) is 2.39. The molecule has 0 saturated carbocycles. The minimum Gasteiger partial charge on any atom is -0.481 e. The Morgan fingerprint density at radius 1 is 1.10 bits per heavy atom. The van der Waals surface area contributed by atoms with Crippen LogP contribution in [0.5, 0.6) is 0 Å². The first-order chi connectivity index (χ1) is 9.45. The highest BCUT2D eigenvalue weighted by atomic mass is 16.6. The molecule has 0 aliphatic rings. The molecule has 20 heavy (non-hydrogen) atoms. The lowest BCUT2D eigenvalue weighted by Crippen LogP contribution is -2.38. The van der Waals surface area contributed by atoms with Gasteiger partial charge in [0.15, 0.2) is 0 Å². The van der Waals surface area contributed by atoms with E-state index in [0.717, 1.165) is 0 Å². The molecule has 0 aromatic carbocycles. The van der Waals surface area contributed by atoms with Crippen LogP contribution in [0.2, 0.25) is 0 Å². The number of nitrogens with two attached hydrogens (primary N) is 2. The summed E-state index contributed by atoms with van der Waals surface area (Å²) < 4.78 is 4.57. The van der Waals surface area contributed by atoms with Crippen LogP contribution in [-0.2, 0) is 19.1 Å². The van der Waals surface area contributed by atoms with Gasteiger partial charge in [-0.3, -0.25) is 14.4 Å². The molecule has 0 aliphatic carbocycles. The Hall–Kier alpha value is -1.51. The van der Waals surface area contributed by atoms with E-state index in [-0.39, 0.29) is 19.3 Å². The molecule has 6 N–H and O–H groups in total. The molecule has 8 heteroatoms. The highest BCUT2D eigenvalue weighted by Crippen LogP contribution is 1.98. The molecule has 0 aromatic rings. The van der Waals surface area contributed by atoms with Gasteiger partial charge in [0.1, 0.15) is 0 Å². The largest absolute Gasteiger partial charge is 0.481 e. The normalized spacial score (nSPS) is 11.9. The highest BCUT2D eigenvalue weighted by Gasteiger charge is 2.10. The Morgan fingerprint density at radius 2 is 1.70 bits per heavy atom. The lowest BCUT2D eigenvalue weighted by atomic mass is 10.2. The standard InChI is InChI=1S/C12H23N3O5/c13-7-1-3-11(18)20-12(19)4-2-8-15-9(14)5-6-10(16)17/h9,15H,1-8,13-14H2,(H,16,17). The fourth-order valence-corrected chi connectivity index (χ4v) is 1.38. The van der Waals surface area contributed by atoms with Gasteiger partial charge in [0.25, 0.3) is 0 Å². The first kappa shape index (κ1) is 18.5. The number of hydrogen-bond donors (Lipinski definition) is 4. The van der Waals surface area contributed by atoms with Gasteiger partial charge in [-0.25, -0.2) is 0 Å². The summed E-state index contributed by atoms with van der Waals surface area (Å²) in [5.41, 5.74) is 10.8. The number of carboxylic acids is 1. The molecule has 1 unspecified atom stereocenters. The summed E-state index contributed by atoms with van der Waals surface area (Å²) >= 11 is 0. The van der Waals surface area contributed by atoms with E-state index in [1.807, 2.05) is 0 Å². The van der Waals surface area contributed by atoms with Crippen LogP contribution in [0.3, 0.4) is 0 Å². The summed E-state index contributed by atoms with van der Waals surface area (Å²) in [5, 5.41) is 11.4. The quantitative estimate of drug-likeness (QED) is 0.169. The van der Waals surface area contributed by atoms with Crippen molar-refractivity contribution in [2.24, 2.45) is 11.5 Å². The Balaban J connectivity index is 3.56. The number of rotatable bonds is 11. The zero-order chi connectivity index (χ0) is 15.4. The zero-order valence-corrected chi connectivity index (χ0v) is 11.5. The van der Waals surface area contributed by atoms with Crippen LogP contribution < -0.4 is 16.8 Å². The van der Waals surface area contributed by atoms with Crippen LogP contribution in [0, 0.1) is 0 Å². The maximum atomic E-state index is 11.3. The molecule has 0 radical (unpaired) electrons. The van der Waals surface area contributed by atoms with Gasteiger partial charge >= 0.3 is 17.9 Å². The van der Waals surface area contributed by atoms with Crippen LogP contribution in [0.25, 0.3) is 0 Å². The SMILES string of the molecule is NCCCC(=O)OC(=O)CCCNC(N)CCC(=O)O. The molecule has 0 aliphatic heterocycles. The summed E-state index contributed by atoms with van der Waals surface area (Å²) in [7, 11) is 0. The van der Waals surface area contributed by atoms with Gasteiger partial charge in [-0.05, 0) is 32.4 Å². The minimum absolute atomic E-state index is 0.00808. The zero-order valence-electron chi connectivity index (χ0n) is 11.5. The number of carboxylic acid groups (broad SMARTS) is 1. The van der Waals surface area contributed by atoms with Crippen molar-refractivity contribution in [2.75, 3.05) is 13.1 Å². The van der Waals surface area contributed by atoms with Crippen LogP contribution in [0.4, 0.5) is 0 Å². The molecular weight excluding hydrogens is 266 g/mol. The van der Waals surface area contributed by atoms with Crippen molar-refractivity contribution in [1.29, 1.82) is 0 Å². The number of ether oxygens (including phenoxy) is 1. The lowest BCUT2D eigenvalue weighted by Gasteiger charge is -2.12. The highest BCUT2D eigenvalue weighted by molar-refractivity contribution is 5.85. The number of carbonyl (C=O) groups is 3. The monoisotopic (exact) mass is 289 g/mol. The van der Waals surface area contributed by atoms with Crippen molar-refractivity contribution in [3.8, 4) is 0 Å². The van der Waals surface area contributed by atoms with Gasteiger partial charge in [0.2, 0.25) is 0 Å². The fraction of sp³-hybridized carbons (Fsp3) is 0.750. The first-order valence-corrected chi connectivity index (χ1v) is 6.60. The predicted molar refractivity (Wildman–Crippen MR) is 71.5 cm³/mol. The Morgan fingerprint density at radius 3 is 2.25 bits per heavy atom. The van der Waals surface area contributed by atoms with Gasteiger partial charge < -0.3 is 26.6 Å². The van der Waals surface area contributed by atoms with E-state index < -0.39 is 24.1 Å². The molecule has 0 amide bonds. The second kappa shape index (κ2) is 11.3. The smallest absolute Gasteiger partial charge is 0.313 e. The van der Waals surface area contributed by atoms with Crippen molar-refractivity contribution < 1.29 is 24.2 Å². The Bertz CT molecular complexity index is 322. The summed E-state index contributed by atoms with van der Waals surface area (Å²) in [6, 6.07) is 0. The van der Waals surface area contributed by atoms with Crippen molar-refractivity contribution in [3.05, 3.63) is 0 Å². The summed E-state index contributed by atoms with van der Waals surface area (Å²) in [6.07, 6.45) is 1.08. The summed E-state index contributed by atoms with van der Waals surface area (Å²) in [5.74, 6) is -2.04. The van der Waals surface area contributed by atoms with E-state index in [9.17, 15) is 14.4 Å². The van der Waals surface area contributed by atoms with E-state index >= 15 is 0 Å². The first-order valence-electron chi connectivity index (χ1n) is 6.60. The minimum atomic E-state index is -0.901. The van der Waals surface area contributed by atoms with Crippen molar-refractivity contribution in [2.45, 2.75) is 44.7 Å². The van der Waals surface area contributed by atoms with Gasteiger partial charge in [0, 0.05) is 19.3 Å². The maximum absolute atomic E-state index is 11.3. The van der Waals surface area contributed by atoms with Crippen LogP contribution in [0.15, 0.2) is 0 Å². The van der Waals surface area contributed by atoms with Crippen molar-refractivity contribution in [3.63, 3.8) is 0 Å². The van der Waals surface area contributed by atoms with E-state index in [1.54, 1.807) is 0 Å². The molecule has 0 bridgehead atoms. The van der Waals surface area contributed by atoms with Crippen LogP contribution >= 0.6 is 0 Å². The number of aliphatic carboxylic acids is 1. The van der Waals surface area contributed by atoms with Crippen LogP contribution in [0.1, 0.15) is 38.5 Å². The Kier molecular flexibility index (Phi) is 10.5.